The Morgan fingerprint density at radius 1 is 1.53 bits per heavy atom. The number of nitrogens with two attached hydrogens (primary N) is 1. The van der Waals surface area contributed by atoms with Crippen molar-refractivity contribution in [2.24, 2.45) is 0 Å². The number of nitrogen functional groups attached to an aromatic ring is 1. The van der Waals surface area contributed by atoms with Crippen LogP contribution in [0.4, 0.5) is 11.4 Å². The molecule has 1 unspecified atom stereocenters. The van der Waals surface area contributed by atoms with Crippen molar-refractivity contribution in [3.63, 3.8) is 0 Å². The first kappa shape index (κ1) is 12.0. The minimum absolute atomic E-state index is 0.241. The Morgan fingerprint density at radius 2 is 2.35 bits per heavy atom. The van der Waals surface area contributed by atoms with Gasteiger partial charge in [0.05, 0.1) is 24.1 Å². The number of aliphatic hydroxyl groups excluding tert-OH is 1. The third-order valence-electron chi connectivity index (χ3n) is 3.01. The number of aliphatic hydroxyl groups is 1. The van der Waals surface area contributed by atoms with Crippen LogP contribution < -0.4 is 15.4 Å². The summed E-state index contributed by atoms with van der Waals surface area (Å²) >= 11 is 0. The van der Waals surface area contributed by atoms with E-state index < -0.39 is 0 Å². The predicted molar refractivity (Wildman–Crippen MR) is 69.5 cm³/mol. The Bertz CT molecular complexity index is 382. The Hall–Kier alpha value is -1.42. The van der Waals surface area contributed by atoms with Crippen LogP contribution in [-0.2, 0) is 0 Å². The summed E-state index contributed by atoms with van der Waals surface area (Å²) in [5, 5.41) is 9.55. The first-order valence-corrected chi connectivity index (χ1v) is 6.16. The average Bonchev–Trinajstić information content (AvgIpc) is 2.74. The molecule has 0 amide bonds. The Kier molecular flexibility index (Phi) is 3.74. The fourth-order valence-corrected chi connectivity index (χ4v) is 2.11. The molecule has 0 radical (unpaired) electrons. The lowest BCUT2D eigenvalue weighted by atomic mass is 10.2. The second-order valence-electron chi connectivity index (χ2n) is 4.43. The number of hydrogen-bond donors (Lipinski definition) is 2. The summed E-state index contributed by atoms with van der Waals surface area (Å²) in [6.07, 6.45) is 1.53. The molecule has 17 heavy (non-hydrogen) atoms. The van der Waals surface area contributed by atoms with Crippen molar-refractivity contribution in [3.05, 3.63) is 18.2 Å². The van der Waals surface area contributed by atoms with Crippen molar-refractivity contribution in [3.8, 4) is 5.75 Å². The zero-order chi connectivity index (χ0) is 12.3. The van der Waals surface area contributed by atoms with Crippen LogP contribution in [0, 0.1) is 0 Å². The molecule has 4 nitrogen and oxygen atoms in total. The molecule has 1 saturated heterocycles. The molecule has 0 aromatic heterocycles. The van der Waals surface area contributed by atoms with Crippen LogP contribution in [0.2, 0.25) is 0 Å². The maximum Gasteiger partial charge on any atom is 0.144 e. The molecule has 1 aliphatic rings. The summed E-state index contributed by atoms with van der Waals surface area (Å²) in [7, 11) is 0. The van der Waals surface area contributed by atoms with Gasteiger partial charge in [-0.05, 0) is 25.0 Å². The van der Waals surface area contributed by atoms with Crippen molar-refractivity contribution in [1.29, 1.82) is 0 Å². The van der Waals surface area contributed by atoms with E-state index in [-0.39, 0.29) is 6.10 Å². The summed E-state index contributed by atoms with van der Waals surface area (Å²) in [4.78, 5) is 2.11. The van der Waals surface area contributed by atoms with Crippen molar-refractivity contribution in [1.82, 2.24) is 0 Å². The molecule has 1 aromatic carbocycles. The molecule has 1 aliphatic heterocycles. The first-order valence-electron chi connectivity index (χ1n) is 6.16. The molecule has 2 rings (SSSR count). The van der Waals surface area contributed by atoms with E-state index in [0.717, 1.165) is 30.8 Å². The fourth-order valence-electron chi connectivity index (χ4n) is 2.11. The molecular weight excluding hydrogens is 216 g/mol. The van der Waals surface area contributed by atoms with Crippen LogP contribution in [0.1, 0.15) is 19.8 Å². The largest absolute Gasteiger partial charge is 0.491 e. The van der Waals surface area contributed by atoms with E-state index in [1.165, 1.54) is 0 Å². The van der Waals surface area contributed by atoms with Crippen LogP contribution in [-0.4, -0.2) is 30.9 Å². The van der Waals surface area contributed by atoms with Gasteiger partial charge < -0.3 is 20.5 Å². The Labute approximate surface area is 102 Å². The molecule has 94 valence electrons. The minimum Gasteiger partial charge on any atom is -0.491 e. The SMILES string of the molecule is CCCOc1cccc(N2CCC(O)C2)c1N. The Morgan fingerprint density at radius 3 is 3.00 bits per heavy atom. The summed E-state index contributed by atoms with van der Waals surface area (Å²) in [6, 6.07) is 5.81. The summed E-state index contributed by atoms with van der Waals surface area (Å²) in [5.74, 6) is 0.741. The number of rotatable bonds is 4. The van der Waals surface area contributed by atoms with Gasteiger partial charge in [0.2, 0.25) is 0 Å². The summed E-state index contributed by atoms with van der Waals surface area (Å²) in [6.45, 7) is 4.25. The van der Waals surface area contributed by atoms with Gasteiger partial charge in [-0.2, -0.15) is 0 Å². The lowest BCUT2D eigenvalue weighted by Gasteiger charge is -2.21. The van der Waals surface area contributed by atoms with Gasteiger partial charge in [-0.15, -0.1) is 0 Å². The Balaban J connectivity index is 2.17. The molecule has 0 bridgehead atoms. The van der Waals surface area contributed by atoms with Crippen LogP contribution in [0.15, 0.2) is 18.2 Å². The van der Waals surface area contributed by atoms with E-state index in [2.05, 4.69) is 11.8 Å². The third-order valence-corrected chi connectivity index (χ3v) is 3.01. The predicted octanol–water partition coefficient (Wildman–Crippen LogP) is 1.63. The van der Waals surface area contributed by atoms with Crippen LogP contribution >= 0.6 is 0 Å². The third kappa shape index (κ3) is 2.64. The van der Waals surface area contributed by atoms with Crippen molar-refractivity contribution < 1.29 is 9.84 Å². The van der Waals surface area contributed by atoms with Crippen LogP contribution in [0.25, 0.3) is 0 Å². The first-order chi connectivity index (χ1) is 8.22. The lowest BCUT2D eigenvalue weighted by molar-refractivity contribution is 0.198. The van der Waals surface area contributed by atoms with E-state index in [1.54, 1.807) is 0 Å². The van der Waals surface area contributed by atoms with Gasteiger partial charge in [-0.3, -0.25) is 0 Å². The number of benzene rings is 1. The maximum atomic E-state index is 9.55. The highest BCUT2D eigenvalue weighted by molar-refractivity contribution is 5.74. The van der Waals surface area contributed by atoms with Crippen molar-refractivity contribution in [2.75, 3.05) is 30.3 Å². The zero-order valence-electron chi connectivity index (χ0n) is 10.2. The topological polar surface area (TPSA) is 58.7 Å². The highest BCUT2D eigenvalue weighted by atomic mass is 16.5. The number of β-amino-alcohol motifs (C(OH)–C–C–N with tert-alkyl or cyclic N) is 1. The average molecular weight is 236 g/mol. The second-order valence-corrected chi connectivity index (χ2v) is 4.43. The standard InChI is InChI=1S/C13H20N2O2/c1-2-8-17-12-5-3-4-11(13(12)14)15-7-6-10(16)9-15/h3-5,10,16H,2,6-9,14H2,1H3. The summed E-state index contributed by atoms with van der Waals surface area (Å²) in [5.41, 5.74) is 7.74. The lowest BCUT2D eigenvalue weighted by Crippen LogP contribution is -2.22. The maximum absolute atomic E-state index is 9.55. The van der Waals surface area contributed by atoms with Gasteiger partial charge in [-0.25, -0.2) is 0 Å². The van der Waals surface area contributed by atoms with Gasteiger partial charge in [0.25, 0.3) is 0 Å². The highest BCUT2D eigenvalue weighted by Gasteiger charge is 2.22. The second kappa shape index (κ2) is 5.27. The molecular formula is C13H20N2O2. The molecule has 3 N–H and O–H groups in total. The van der Waals surface area contributed by atoms with Gasteiger partial charge >= 0.3 is 0 Å². The quantitative estimate of drug-likeness (QED) is 0.780. The van der Waals surface area contributed by atoms with Crippen LogP contribution in [0.5, 0.6) is 5.75 Å². The molecule has 1 fully saturated rings. The number of nitrogens with zero attached hydrogens (tertiary/aromatic N) is 1. The number of hydrogen-bond acceptors (Lipinski definition) is 4. The molecule has 1 heterocycles. The number of anilines is 2. The van der Waals surface area contributed by atoms with E-state index in [9.17, 15) is 5.11 Å². The minimum atomic E-state index is -0.241. The monoisotopic (exact) mass is 236 g/mol. The normalized spacial score (nSPS) is 19.6. The molecule has 1 aromatic rings. The van der Waals surface area contributed by atoms with Gasteiger partial charge in [0.1, 0.15) is 5.75 Å². The van der Waals surface area contributed by atoms with Gasteiger partial charge in [0, 0.05) is 13.1 Å². The zero-order valence-corrected chi connectivity index (χ0v) is 10.2. The number of ether oxygens (including phenoxy) is 1. The van der Waals surface area contributed by atoms with E-state index in [1.807, 2.05) is 18.2 Å². The molecule has 1 atom stereocenters. The van der Waals surface area contributed by atoms with E-state index in [0.29, 0.717) is 18.8 Å². The van der Waals surface area contributed by atoms with E-state index >= 15 is 0 Å². The van der Waals surface area contributed by atoms with Gasteiger partial charge in [0.15, 0.2) is 0 Å². The molecule has 0 spiro atoms. The highest BCUT2D eigenvalue weighted by Crippen LogP contribution is 2.34. The van der Waals surface area contributed by atoms with Crippen LogP contribution in [0.3, 0.4) is 0 Å². The molecule has 0 saturated carbocycles. The molecule has 0 aliphatic carbocycles. The van der Waals surface area contributed by atoms with Crippen molar-refractivity contribution in [2.45, 2.75) is 25.9 Å². The van der Waals surface area contributed by atoms with Gasteiger partial charge in [-0.1, -0.05) is 13.0 Å². The van der Waals surface area contributed by atoms with Crippen molar-refractivity contribution >= 4 is 11.4 Å². The molecule has 4 heteroatoms. The summed E-state index contributed by atoms with van der Waals surface area (Å²) < 4.78 is 5.60. The number of para-hydroxylation sites is 1. The smallest absolute Gasteiger partial charge is 0.144 e. The van der Waals surface area contributed by atoms with E-state index in [4.69, 9.17) is 10.5 Å². The fraction of sp³-hybridized carbons (Fsp3) is 0.538.